The van der Waals surface area contributed by atoms with E-state index >= 15 is 0 Å². The molecule has 18 heavy (non-hydrogen) atoms. The Kier molecular flexibility index (Phi) is 4.91. The highest BCUT2D eigenvalue weighted by atomic mass is 16.6. The minimum absolute atomic E-state index is 0.0277. The van der Waals surface area contributed by atoms with Gasteiger partial charge in [0, 0.05) is 12.6 Å². The highest BCUT2D eigenvalue weighted by Crippen LogP contribution is 2.29. The second-order valence-corrected chi connectivity index (χ2v) is 4.45. The van der Waals surface area contributed by atoms with Gasteiger partial charge in [-0.05, 0) is 33.2 Å². The monoisotopic (exact) mass is 253 g/mol. The normalized spacial score (nSPS) is 12.3. The summed E-state index contributed by atoms with van der Waals surface area (Å²) in [4.78, 5) is 12.6. The van der Waals surface area contributed by atoms with Crippen molar-refractivity contribution in [2.75, 3.05) is 33.1 Å². The molecule has 1 N–H and O–H groups in total. The van der Waals surface area contributed by atoms with E-state index in [4.69, 9.17) is 4.74 Å². The molecule has 0 saturated carbocycles. The second-order valence-electron chi connectivity index (χ2n) is 4.45. The highest BCUT2D eigenvalue weighted by Gasteiger charge is 2.16. The standard InChI is InChI=1S/C12H19N3O3/c1-9(8-14(2)3)13-11-6-5-10(18-4)7-12(11)15(16)17/h5-7,9,13H,8H2,1-4H3. The molecule has 6 nitrogen and oxygen atoms in total. The van der Waals surface area contributed by atoms with Crippen LogP contribution in [0.3, 0.4) is 0 Å². The zero-order valence-corrected chi connectivity index (χ0v) is 11.1. The molecule has 1 aromatic rings. The number of ether oxygens (including phenoxy) is 1. The van der Waals surface area contributed by atoms with Crippen molar-refractivity contribution in [2.45, 2.75) is 13.0 Å². The van der Waals surface area contributed by atoms with Crippen LogP contribution in [0.1, 0.15) is 6.92 Å². The highest BCUT2D eigenvalue weighted by molar-refractivity contribution is 5.64. The average Bonchev–Trinajstić information content (AvgIpc) is 2.28. The summed E-state index contributed by atoms with van der Waals surface area (Å²) in [6.07, 6.45) is 0. The average molecular weight is 253 g/mol. The van der Waals surface area contributed by atoms with Crippen LogP contribution in [0.4, 0.5) is 11.4 Å². The van der Waals surface area contributed by atoms with Gasteiger partial charge in [0.1, 0.15) is 11.4 Å². The zero-order valence-electron chi connectivity index (χ0n) is 11.1. The van der Waals surface area contributed by atoms with E-state index < -0.39 is 4.92 Å². The maximum atomic E-state index is 11.0. The predicted molar refractivity (Wildman–Crippen MR) is 71.3 cm³/mol. The van der Waals surface area contributed by atoms with E-state index in [2.05, 4.69) is 5.32 Å². The van der Waals surface area contributed by atoms with Gasteiger partial charge >= 0.3 is 0 Å². The van der Waals surface area contributed by atoms with Crippen molar-refractivity contribution in [3.05, 3.63) is 28.3 Å². The van der Waals surface area contributed by atoms with Crippen molar-refractivity contribution in [1.29, 1.82) is 0 Å². The lowest BCUT2D eigenvalue weighted by Gasteiger charge is -2.19. The Morgan fingerprint density at radius 1 is 1.50 bits per heavy atom. The third kappa shape index (κ3) is 3.89. The van der Waals surface area contributed by atoms with Crippen LogP contribution in [0.2, 0.25) is 0 Å². The Balaban J connectivity index is 2.90. The molecular weight excluding hydrogens is 234 g/mol. The van der Waals surface area contributed by atoms with Gasteiger partial charge in [0.2, 0.25) is 0 Å². The first kappa shape index (κ1) is 14.2. The third-order valence-electron chi connectivity index (χ3n) is 2.44. The molecule has 0 radical (unpaired) electrons. The summed E-state index contributed by atoms with van der Waals surface area (Å²) >= 11 is 0. The van der Waals surface area contributed by atoms with Crippen LogP contribution in [0.15, 0.2) is 18.2 Å². The van der Waals surface area contributed by atoms with Crippen LogP contribution in [0.25, 0.3) is 0 Å². The van der Waals surface area contributed by atoms with Crippen molar-refractivity contribution in [3.63, 3.8) is 0 Å². The number of nitrogens with zero attached hydrogens (tertiary/aromatic N) is 2. The summed E-state index contributed by atoms with van der Waals surface area (Å²) in [5.74, 6) is 0.479. The van der Waals surface area contributed by atoms with Crippen molar-refractivity contribution < 1.29 is 9.66 Å². The summed E-state index contributed by atoms with van der Waals surface area (Å²) < 4.78 is 4.99. The van der Waals surface area contributed by atoms with Crippen molar-refractivity contribution in [2.24, 2.45) is 0 Å². The number of hydrogen-bond donors (Lipinski definition) is 1. The molecule has 0 fully saturated rings. The summed E-state index contributed by atoms with van der Waals surface area (Å²) in [6.45, 7) is 2.77. The smallest absolute Gasteiger partial charge is 0.296 e. The van der Waals surface area contributed by atoms with E-state index in [1.807, 2.05) is 25.9 Å². The number of rotatable bonds is 6. The zero-order chi connectivity index (χ0) is 13.7. The Bertz CT molecular complexity index is 421. The number of methoxy groups -OCH3 is 1. The van der Waals surface area contributed by atoms with E-state index in [-0.39, 0.29) is 11.7 Å². The SMILES string of the molecule is COc1ccc(NC(C)CN(C)C)c([N+](=O)[O-])c1. The van der Waals surface area contributed by atoms with Gasteiger partial charge in [-0.3, -0.25) is 10.1 Å². The van der Waals surface area contributed by atoms with Crippen LogP contribution in [-0.4, -0.2) is 43.6 Å². The molecule has 1 rings (SSSR count). The molecule has 1 atom stereocenters. The molecule has 1 unspecified atom stereocenters. The molecule has 1 aromatic carbocycles. The second kappa shape index (κ2) is 6.20. The Hall–Kier alpha value is -1.82. The van der Waals surface area contributed by atoms with E-state index in [1.54, 1.807) is 12.1 Å². The van der Waals surface area contributed by atoms with Gasteiger partial charge in [0.15, 0.2) is 0 Å². The summed E-state index contributed by atoms with van der Waals surface area (Å²) in [5.41, 5.74) is 0.537. The summed E-state index contributed by atoms with van der Waals surface area (Å²) in [7, 11) is 5.40. The van der Waals surface area contributed by atoms with Crippen molar-refractivity contribution in [3.8, 4) is 5.75 Å². The molecule has 0 aliphatic carbocycles. The predicted octanol–water partition coefficient (Wildman–Crippen LogP) is 1.97. The van der Waals surface area contributed by atoms with Gasteiger partial charge in [-0.1, -0.05) is 0 Å². The number of nitro benzene ring substituents is 1. The molecule has 0 aromatic heterocycles. The fourth-order valence-electron chi connectivity index (χ4n) is 1.77. The van der Waals surface area contributed by atoms with Gasteiger partial charge in [0.25, 0.3) is 5.69 Å². The topological polar surface area (TPSA) is 67.6 Å². The number of nitro groups is 1. The number of hydrogen-bond acceptors (Lipinski definition) is 5. The molecule has 0 heterocycles. The first-order chi connectivity index (χ1) is 8.43. The molecule has 0 amide bonds. The Labute approximate surface area is 107 Å². The van der Waals surface area contributed by atoms with Gasteiger partial charge in [-0.25, -0.2) is 0 Å². The van der Waals surface area contributed by atoms with Gasteiger partial charge in [-0.15, -0.1) is 0 Å². The fraction of sp³-hybridized carbons (Fsp3) is 0.500. The third-order valence-corrected chi connectivity index (χ3v) is 2.44. The maximum Gasteiger partial charge on any atom is 0.296 e. The number of benzene rings is 1. The van der Waals surface area contributed by atoms with E-state index in [9.17, 15) is 10.1 Å². The van der Waals surface area contributed by atoms with E-state index in [0.717, 1.165) is 6.54 Å². The lowest BCUT2D eigenvalue weighted by atomic mass is 10.2. The van der Waals surface area contributed by atoms with Crippen LogP contribution < -0.4 is 10.1 Å². The minimum Gasteiger partial charge on any atom is -0.496 e. The lowest BCUT2D eigenvalue weighted by molar-refractivity contribution is -0.384. The number of nitrogens with one attached hydrogen (secondary N) is 1. The quantitative estimate of drug-likeness (QED) is 0.620. The number of anilines is 1. The Morgan fingerprint density at radius 3 is 2.67 bits per heavy atom. The molecule has 100 valence electrons. The summed E-state index contributed by atoms with van der Waals surface area (Å²) in [5, 5.41) is 14.1. The van der Waals surface area contributed by atoms with E-state index in [1.165, 1.54) is 13.2 Å². The molecular formula is C12H19N3O3. The summed E-state index contributed by atoms with van der Waals surface area (Å²) in [6, 6.07) is 4.91. The molecule has 0 aliphatic rings. The molecule has 0 bridgehead atoms. The Morgan fingerprint density at radius 2 is 2.17 bits per heavy atom. The van der Waals surface area contributed by atoms with Crippen LogP contribution in [0.5, 0.6) is 5.75 Å². The largest absolute Gasteiger partial charge is 0.496 e. The minimum atomic E-state index is -0.409. The van der Waals surface area contributed by atoms with Crippen molar-refractivity contribution >= 4 is 11.4 Å². The molecule has 0 saturated heterocycles. The van der Waals surface area contributed by atoms with Crippen molar-refractivity contribution in [1.82, 2.24) is 4.90 Å². The van der Waals surface area contributed by atoms with Gasteiger partial charge in [0.05, 0.1) is 18.1 Å². The lowest BCUT2D eigenvalue weighted by Crippen LogP contribution is -2.29. The maximum absolute atomic E-state index is 11.0. The van der Waals surface area contributed by atoms with Crippen LogP contribution >= 0.6 is 0 Å². The van der Waals surface area contributed by atoms with Crippen LogP contribution in [0, 0.1) is 10.1 Å². The molecule has 0 spiro atoms. The first-order valence-electron chi connectivity index (χ1n) is 5.67. The number of likely N-dealkylation sites (N-methyl/N-ethyl adjacent to an activating group) is 1. The van der Waals surface area contributed by atoms with E-state index in [0.29, 0.717) is 11.4 Å². The molecule has 6 heteroatoms. The molecule has 0 aliphatic heterocycles. The van der Waals surface area contributed by atoms with Gasteiger partial charge in [-0.2, -0.15) is 0 Å². The fourth-order valence-corrected chi connectivity index (χ4v) is 1.77. The first-order valence-corrected chi connectivity index (χ1v) is 5.67. The van der Waals surface area contributed by atoms with Crippen LogP contribution in [-0.2, 0) is 0 Å². The van der Waals surface area contributed by atoms with Gasteiger partial charge < -0.3 is 15.0 Å².